The van der Waals surface area contributed by atoms with Crippen LogP contribution in [0.4, 0.5) is 10.7 Å². The number of aromatic nitrogens is 3. The van der Waals surface area contributed by atoms with Crippen molar-refractivity contribution in [1.82, 2.24) is 25.4 Å². The summed E-state index contributed by atoms with van der Waals surface area (Å²) >= 11 is 0. The molecule has 8 heteroatoms. The number of likely N-dealkylation sites (tertiary alicyclic amines) is 1. The van der Waals surface area contributed by atoms with E-state index in [0.717, 1.165) is 26.3 Å². The van der Waals surface area contributed by atoms with Crippen LogP contribution in [0.15, 0.2) is 0 Å². The molecule has 2 unspecified atom stereocenters. The van der Waals surface area contributed by atoms with E-state index in [9.17, 15) is 4.79 Å². The third kappa shape index (κ3) is 2.67. The largest absolute Gasteiger partial charge is 0.380 e. The first-order valence-corrected chi connectivity index (χ1v) is 7.17. The molecule has 2 aliphatic rings. The zero-order valence-corrected chi connectivity index (χ0v) is 12.7. The van der Waals surface area contributed by atoms with E-state index in [0.29, 0.717) is 24.2 Å². The molecule has 2 saturated heterocycles. The number of carbonyl (C=O) groups is 1. The van der Waals surface area contributed by atoms with Crippen LogP contribution in [0.5, 0.6) is 0 Å². The molecule has 0 bridgehead atoms. The van der Waals surface area contributed by atoms with E-state index in [1.54, 1.807) is 0 Å². The van der Waals surface area contributed by atoms with Crippen LogP contribution in [0.25, 0.3) is 0 Å². The first kappa shape index (κ1) is 14.1. The summed E-state index contributed by atoms with van der Waals surface area (Å²) in [6.07, 6.45) is 0. The van der Waals surface area contributed by atoms with Gasteiger partial charge in [0, 0.05) is 38.5 Å². The molecular weight excluding hydrogens is 272 g/mol. The Kier molecular flexibility index (Phi) is 3.48. The molecule has 1 aromatic heterocycles. The summed E-state index contributed by atoms with van der Waals surface area (Å²) < 4.78 is 5.51. The number of amides is 2. The van der Waals surface area contributed by atoms with Gasteiger partial charge in [0.1, 0.15) is 5.82 Å². The van der Waals surface area contributed by atoms with E-state index in [1.807, 2.05) is 23.9 Å². The lowest BCUT2D eigenvalue weighted by molar-refractivity contribution is 0.137. The number of rotatable bonds is 3. The number of aromatic amines is 1. The highest BCUT2D eigenvalue weighted by atomic mass is 16.5. The lowest BCUT2D eigenvalue weighted by atomic mass is 9.83. The van der Waals surface area contributed by atoms with Crippen LogP contribution in [0.1, 0.15) is 12.7 Å². The summed E-state index contributed by atoms with van der Waals surface area (Å²) in [4.78, 5) is 20.2. The zero-order valence-electron chi connectivity index (χ0n) is 12.7. The molecule has 116 valence electrons. The predicted octanol–water partition coefficient (Wildman–Crippen LogP) is 0.0486. The third-order valence-corrected chi connectivity index (χ3v) is 4.34. The van der Waals surface area contributed by atoms with Crippen molar-refractivity contribution in [1.29, 1.82) is 0 Å². The van der Waals surface area contributed by atoms with Gasteiger partial charge in [-0.2, -0.15) is 4.98 Å². The van der Waals surface area contributed by atoms with Gasteiger partial charge in [0.05, 0.1) is 19.8 Å². The smallest absolute Gasteiger partial charge is 0.317 e. The second-order valence-electron chi connectivity index (χ2n) is 6.38. The molecule has 0 aliphatic carbocycles. The van der Waals surface area contributed by atoms with Gasteiger partial charge >= 0.3 is 6.03 Å². The number of nitrogens with one attached hydrogen (secondary N) is 2. The highest BCUT2D eigenvalue weighted by Gasteiger charge is 2.48. The van der Waals surface area contributed by atoms with Gasteiger partial charge in [-0.1, -0.05) is 6.92 Å². The Morgan fingerprint density at radius 1 is 1.62 bits per heavy atom. The number of H-pyrrole nitrogens is 1. The van der Waals surface area contributed by atoms with Crippen molar-refractivity contribution in [2.24, 2.45) is 11.3 Å². The van der Waals surface area contributed by atoms with Gasteiger partial charge in [0.25, 0.3) is 0 Å². The fourth-order valence-electron chi connectivity index (χ4n) is 2.96. The van der Waals surface area contributed by atoms with E-state index < -0.39 is 0 Å². The molecule has 0 spiro atoms. The third-order valence-electron chi connectivity index (χ3n) is 4.34. The molecule has 2 fully saturated rings. The molecule has 2 amide bonds. The first-order chi connectivity index (χ1) is 9.98. The van der Waals surface area contributed by atoms with Crippen molar-refractivity contribution >= 4 is 12.0 Å². The van der Waals surface area contributed by atoms with Crippen LogP contribution >= 0.6 is 0 Å². The van der Waals surface area contributed by atoms with Gasteiger partial charge in [0.15, 0.2) is 0 Å². The van der Waals surface area contributed by atoms with Crippen LogP contribution < -0.4 is 10.2 Å². The van der Waals surface area contributed by atoms with Crippen molar-refractivity contribution in [2.45, 2.75) is 13.5 Å². The number of hydrogen-bond donors (Lipinski definition) is 2. The molecule has 0 saturated carbocycles. The minimum atomic E-state index is -0.0478. The topological polar surface area (TPSA) is 86.4 Å². The maximum atomic E-state index is 12.2. The number of fused-ring (bicyclic) bond motifs is 1. The second-order valence-corrected chi connectivity index (χ2v) is 6.38. The van der Waals surface area contributed by atoms with Crippen LogP contribution in [-0.2, 0) is 11.3 Å². The Labute approximate surface area is 123 Å². The van der Waals surface area contributed by atoms with E-state index in [2.05, 4.69) is 27.4 Å². The maximum Gasteiger partial charge on any atom is 0.317 e. The van der Waals surface area contributed by atoms with Crippen molar-refractivity contribution in [2.75, 3.05) is 45.3 Å². The molecule has 3 heterocycles. The molecule has 21 heavy (non-hydrogen) atoms. The molecule has 2 N–H and O–H groups in total. The lowest BCUT2D eigenvalue weighted by Gasteiger charge is -2.21. The number of hydrogen-bond acceptors (Lipinski definition) is 5. The number of ether oxygens (including phenoxy) is 1. The average molecular weight is 294 g/mol. The quantitative estimate of drug-likeness (QED) is 0.822. The number of nitrogens with zero attached hydrogens (tertiary/aromatic N) is 4. The predicted molar refractivity (Wildman–Crippen MR) is 76.9 cm³/mol. The average Bonchev–Trinajstić information content (AvgIpc) is 3.08. The molecule has 3 rings (SSSR count). The van der Waals surface area contributed by atoms with Gasteiger partial charge in [-0.25, -0.2) is 4.79 Å². The Morgan fingerprint density at radius 3 is 3.10 bits per heavy atom. The van der Waals surface area contributed by atoms with E-state index in [4.69, 9.17) is 4.74 Å². The Bertz CT molecular complexity index is 530. The number of urea groups is 1. The van der Waals surface area contributed by atoms with Crippen molar-refractivity contribution in [3.63, 3.8) is 0 Å². The first-order valence-electron chi connectivity index (χ1n) is 7.17. The van der Waals surface area contributed by atoms with Gasteiger partial charge in [-0.3, -0.25) is 5.10 Å². The maximum absolute atomic E-state index is 12.2. The Balaban J connectivity index is 1.53. The Morgan fingerprint density at radius 2 is 2.43 bits per heavy atom. The van der Waals surface area contributed by atoms with Crippen LogP contribution in [0.3, 0.4) is 0 Å². The van der Waals surface area contributed by atoms with E-state index >= 15 is 0 Å². The van der Waals surface area contributed by atoms with Crippen LogP contribution in [0, 0.1) is 11.3 Å². The fraction of sp³-hybridized carbons (Fsp3) is 0.769. The van der Waals surface area contributed by atoms with E-state index in [-0.39, 0.29) is 11.4 Å². The summed E-state index contributed by atoms with van der Waals surface area (Å²) in [5, 5.41) is 9.78. The summed E-state index contributed by atoms with van der Waals surface area (Å²) in [5.41, 5.74) is 0.113. The minimum absolute atomic E-state index is 0.0478. The standard InChI is InChI=1S/C13H22N6O2/c1-13-7-19(5-9(13)6-21-8-13)12(20)14-4-10-15-11(17-16-10)18(2)3/h9H,4-8H2,1-3H3,(H,14,20)(H,15,16,17). The van der Waals surface area contributed by atoms with Crippen molar-refractivity contribution in [3.05, 3.63) is 5.82 Å². The monoisotopic (exact) mass is 294 g/mol. The SMILES string of the molecule is CN(C)c1n[nH]c(CNC(=O)N2CC3COCC3(C)C2)n1. The van der Waals surface area contributed by atoms with Crippen molar-refractivity contribution < 1.29 is 9.53 Å². The summed E-state index contributed by atoms with van der Waals surface area (Å²) in [5.74, 6) is 1.72. The lowest BCUT2D eigenvalue weighted by Crippen LogP contribution is -2.40. The van der Waals surface area contributed by atoms with Gasteiger partial charge in [-0.15, -0.1) is 5.10 Å². The molecule has 0 radical (unpaired) electrons. The highest BCUT2D eigenvalue weighted by Crippen LogP contribution is 2.40. The summed E-state index contributed by atoms with van der Waals surface area (Å²) in [6.45, 7) is 5.57. The van der Waals surface area contributed by atoms with Crippen LogP contribution in [0.2, 0.25) is 0 Å². The number of anilines is 1. The summed E-state index contributed by atoms with van der Waals surface area (Å²) in [7, 11) is 3.74. The minimum Gasteiger partial charge on any atom is -0.380 e. The van der Waals surface area contributed by atoms with Crippen LogP contribution in [-0.4, -0.2) is 66.5 Å². The van der Waals surface area contributed by atoms with Gasteiger partial charge in [-0.05, 0) is 0 Å². The molecular formula is C13H22N6O2. The Hall–Kier alpha value is -1.83. The molecule has 1 aromatic rings. The second kappa shape index (κ2) is 5.18. The normalized spacial score (nSPS) is 27.8. The molecule has 2 aliphatic heterocycles. The van der Waals surface area contributed by atoms with Crippen molar-refractivity contribution in [3.8, 4) is 0 Å². The van der Waals surface area contributed by atoms with Gasteiger partial charge < -0.3 is 19.9 Å². The fourth-order valence-corrected chi connectivity index (χ4v) is 2.96. The summed E-state index contributed by atoms with van der Waals surface area (Å²) in [6, 6.07) is -0.0478. The zero-order chi connectivity index (χ0) is 15.0. The molecule has 0 aromatic carbocycles. The molecule has 8 nitrogen and oxygen atoms in total. The molecule has 2 atom stereocenters. The highest BCUT2D eigenvalue weighted by molar-refractivity contribution is 5.74. The van der Waals surface area contributed by atoms with Gasteiger partial charge in [0.2, 0.25) is 5.95 Å². The number of carbonyl (C=O) groups excluding carboxylic acids is 1. The van der Waals surface area contributed by atoms with E-state index in [1.165, 1.54) is 0 Å².